The van der Waals surface area contributed by atoms with Gasteiger partial charge in [0.25, 0.3) is 0 Å². The molecular weight excluding hydrogens is 136 g/mol. The van der Waals surface area contributed by atoms with Gasteiger partial charge in [-0.2, -0.15) is 0 Å². The Morgan fingerprint density at radius 2 is 1.91 bits per heavy atom. The van der Waals surface area contributed by atoms with Gasteiger partial charge in [0.2, 0.25) is 0 Å². The Balaban J connectivity index is 1.94. The summed E-state index contributed by atoms with van der Waals surface area (Å²) >= 11 is 0. The maximum Gasteiger partial charge on any atom is 0.0101 e. The Morgan fingerprint density at radius 3 is 2.45 bits per heavy atom. The van der Waals surface area contributed by atoms with E-state index >= 15 is 0 Å². The van der Waals surface area contributed by atoms with Gasteiger partial charge >= 0.3 is 0 Å². The van der Waals surface area contributed by atoms with Gasteiger partial charge in [-0.3, -0.25) is 0 Å². The lowest BCUT2D eigenvalue weighted by atomic mass is 10.2. The molecule has 0 heterocycles. The van der Waals surface area contributed by atoms with E-state index in [1.807, 2.05) is 0 Å². The zero-order chi connectivity index (χ0) is 8.10. The fraction of sp³-hybridized carbons (Fsp3) is 1.00. The first kappa shape index (κ1) is 9.01. The Bertz CT molecular complexity index is 95.7. The molecule has 1 rings (SSSR count). The zero-order valence-electron chi connectivity index (χ0n) is 7.77. The lowest BCUT2D eigenvalue weighted by Gasteiger charge is -2.14. The third-order valence-electron chi connectivity index (χ3n) is 2.35. The third kappa shape index (κ3) is 3.73. The Morgan fingerprint density at radius 1 is 1.27 bits per heavy atom. The maximum absolute atomic E-state index is 3.57. The van der Waals surface area contributed by atoms with E-state index in [4.69, 9.17) is 0 Å². The van der Waals surface area contributed by atoms with Crippen molar-refractivity contribution in [1.82, 2.24) is 10.2 Å². The highest BCUT2D eigenvalue weighted by Crippen LogP contribution is 2.16. The number of hydrogen-bond acceptors (Lipinski definition) is 2. The van der Waals surface area contributed by atoms with Crippen molar-refractivity contribution in [3.8, 4) is 0 Å². The highest BCUT2D eigenvalue weighted by molar-refractivity contribution is 4.73. The second kappa shape index (κ2) is 4.73. The van der Waals surface area contributed by atoms with Crippen LogP contribution < -0.4 is 5.32 Å². The average Bonchev–Trinajstić information content (AvgIpc) is 2.39. The minimum atomic E-state index is 0.829. The van der Waals surface area contributed by atoms with Crippen LogP contribution in [0, 0.1) is 0 Å². The van der Waals surface area contributed by atoms with E-state index < -0.39 is 0 Å². The van der Waals surface area contributed by atoms with E-state index in [9.17, 15) is 0 Å². The lowest BCUT2D eigenvalue weighted by molar-refractivity contribution is 0.383. The smallest absolute Gasteiger partial charge is 0.0101 e. The fourth-order valence-electron chi connectivity index (χ4n) is 1.62. The summed E-state index contributed by atoms with van der Waals surface area (Å²) in [7, 11) is 4.24. The monoisotopic (exact) mass is 156 g/mol. The summed E-state index contributed by atoms with van der Waals surface area (Å²) in [4.78, 5) is 2.22. The predicted octanol–water partition coefficient (Wildman–Crippen LogP) is 1.08. The second-order valence-corrected chi connectivity index (χ2v) is 3.74. The average molecular weight is 156 g/mol. The van der Waals surface area contributed by atoms with Crippen LogP contribution in [0.2, 0.25) is 0 Å². The normalized spacial score (nSPS) is 19.9. The summed E-state index contributed by atoms with van der Waals surface area (Å²) in [5, 5.41) is 3.57. The van der Waals surface area contributed by atoms with E-state index in [0.29, 0.717) is 0 Å². The minimum Gasteiger partial charge on any atom is -0.313 e. The first-order chi connectivity index (χ1) is 5.29. The summed E-state index contributed by atoms with van der Waals surface area (Å²) < 4.78 is 0. The minimum absolute atomic E-state index is 0.829. The van der Waals surface area contributed by atoms with Crippen molar-refractivity contribution in [2.24, 2.45) is 0 Å². The molecule has 0 bridgehead atoms. The van der Waals surface area contributed by atoms with Gasteiger partial charge in [-0.25, -0.2) is 0 Å². The van der Waals surface area contributed by atoms with E-state index in [2.05, 4.69) is 24.3 Å². The van der Waals surface area contributed by atoms with Crippen LogP contribution in [0.4, 0.5) is 0 Å². The van der Waals surface area contributed by atoms with E-state index in [0.717, 1.165) is 19.1 Å². The highest BCUT2D eigenvalue weighted by atomic mass is 15.1. The molecule has 0 aliphatic heterocycles. The quantitative estimate of drug-likeness (QED) is 0.655. The van der Waals surface area contributed by atoms with Crippen molar-refractivity contribution in [2.75, 3.05) is 27.2 Å². The Labute approximate surface area is 70.0 Å². The fourth-order valence-corrected chi connectivity index (χ4v) is 1.62. The van der Waals surface area contributed by atoms with Crippen LogP contribution in [-0.4, -0.2) is 38.1 Å². The molecule has 0 radical (unpaired) electrons. The number of nitrogens with one attached hydrogen (secondary N) is 1. The molecule has 0 amide bonds. The molecule has 0 aromatic heterocycles. The van der Waals surface area contributed by atoms with E-state index in [1.165, 1.54) is 25.7 Å². The van der Waals surface area contributed by atoms with Crippen molar-refractivity contribution in [2.45, 2.75) is 31.7 Å². The van der Waals surface area contributed by atoms with Crippen LogP contribution in [-0.2, 0) is 0 Å². The maximum atomic E-state index is 3.57. The van der Waals surface area contributed by atoms with Crippen LogP contribution >= 0.6 is 0 Å². The van der Waals surface area contributed by atoms with Crippen LogP contribution in [0.5, 0.6) is 0 Å². The molecule has 1 aliphatic rings. The lowest BCUT2D eigenvalue weighted by Crippen LogP contribution is -2.32. The molecule has 66 valence electrons. The van der Waals surface area contributed by atoms with Crippen molar-refractivity contribution in [1.29, 1.82) is 0 Å². The first-order valence-corrected chi connectivity index (χ1v) is 4.67. The van der Waals surface area contributed by atoms with Crippen LogP contribution in [0.15, 0.2) is 0 Å². The number of nitrogens with zero attached hydrogens (tertiary/aromatic N) is 1. The molecule has 0 aromatic carbocycles. The van der Waals surface area contributed by atoms with Crippen molar-refractivity contribution < 1.29 is 0 Å². The summed E-state index contributed by atoms with van der Waals surface area (Å²) in [5.41, 5.74) is 0. The molecule has 11 heavy (non-hydrogen) atoms. The molecule has 0 unspecified atom stereocenters. The highest BCUT2D eigenvalue weighted by Gasteiger charge is 2.12. The molecule has 2 heteroatoms. The van der Waals surface area contributed by atoms with Crippen molar-refractivity contribution in [3.05, 3.63) is 0 Å². The van der Waals surface area contributed by atoms with Crippen LogP contribution in [0.1, 0.15) is 25.7 Å². The summed E-state index contributed by atoms with van der Waals surface area (Å²) in [6.07, 6.45) is 5.65. The molecule has 1 aliphatic carbocycles. The molecule has 1 saturated carbocycles. The van der Waals surface area contributed by atoms with E-state index in [-0.39, 0.29) is 0 Å². The number of likely N-dealkylation sites (N-methyl/N-ethyl adjacent to an activating group) is 1. The van der Waals surface area contributed by atoms with Gasteiger partial charge in [0.1, 0.15) is 0 Å². The molecule has 0 saturated heterocycles. The van der Waals surface area contributed by atoms with Crippen molar-refractivity contribution in [3.63, 3.8) is 0 Å². The second-order valence-electron chi connectivity index (χ2n) is 3.74. The van der Waals surface area contributed by atoms with Crippen LogP contribution in [0.25, 0.3) is 0 Å². The summed E-state index contributed by atoms with van der Waals surface area (Å²) in [6, 6.07) is 0.829. The third-order valence-corrected chi connectivity index (χ3v) is 2.35. The van der Waals surface area contributed by atoms with E-state index in [1.54, 1.807) is 0 Å². The first-order valence-electron chi connectivity index (χ1n) is 4.67. The molecular formula is C9H20N2. The Hall–Kier alpha value is -0.0800. The standard InChI is InChI=1S/C9H20N2/c1-11(2)8-7-10-9-5-3-4-6-9/h9-10H,3-8H2,1-2H3. The van der Waals surface area contributed by atoms with Gasteiger partial charge < -0.3 is 10.2 Å². The number of hydrogen-bond donors (Lipinski definition) is 1. The molecule has 1 fully saturated rings. The zero-order valence-corrected chi connectivity index (χ0v) is 7.77. The predicted molar refractivity (Wildman–Crippen MR) is 48.8 cm³/mol. The SMILES string of the molecule is CN(C)CCNC1CCCC1. The molecule has 1 N–H and O–H groups in total. The Kier molecular flexibility index (Phi) is 3.87. The summed E-state index contributed by atoms with van der Waals surface area (Å²) in [6.45, 7) is 2.31. The molecule has 0 atom stereocenters. The van der Waals surface area contributed by atoms with Crippen LogP contribution in [0.3, 0.4) is 0 Å². The number of rotatable bonds is 4. The summed E-state index contributed by atoms with van der Waals surface area (Å²) in [5.74, 6) is 0. The van der Waals surface area contributed by atoms with Gasteiger partial charge in [0.05, 0.1) is 0 Å². The molecule has 0 aromatic rings. The van der Waals surface area contributed by atoms with Gasteiger partial charge in [0, 0.05) is 19.1 Å². The topological polar surface area (TPSA) is 15.3 Å². The molecule has 0 spiro atoms. The molecule has 2 nitrogen and oxygen atoms in total. The van der Waals surface area contributed by atoms with Crippen molar-refractivity contribution >= 4 is 0 Å². The van der Waals surface area contributed by atoms with Gasteiger partial charge in [0.15, 0.2) is 0 Å². The van der Waals surface area contributed by atoms with Gasteiger partial charge in [-0.05, 0) is 26.9 Å². The largest absolute Gasteiger partial charge is 0.313 e. The van der Waals surface area contributed by atoms with Gasteiger partial charge in [-0.1, -0.05) is 12.8 Å². The van der Waals surface area contributed by atoms with Gasteiger partial charge in [-0.15, -0.1) is 0 Å².